The Morgan fingerprint density at radius 3 is 2.28 bits per heavy atom. The number of hydrogen-bond donors (Lipinski definition) is 7. The van der Waals surface area contributed by atoms with E-state index in [1.54, 1.807) is 12.1 Å². The van der Waals surface area contributed by atoms with E-state index in [4.69, 9.17) is 21.0 Å². The second-order valence-electron chi connectivity index (χ2n) is 11.1. The topological polar surface area (TPSA) is 162 Å². The van der Waals surface area contributed by atoms with Gasteiger partial charge in [0.2, 0.25) is 12.3 Å². The molecule has 0 fully saturated rings. The van der Waals surface area contributed by atoms with E-state index < -0.39 is 0 Å². The zero-order chi connectivity index (χ0) is 35.7. The number of phenolic OH excluding ortho intramolecular Hbond substituents is 1. The number of aryl methyl sites for hydroxylation is 2. The van der Waals surface area contributed by atoms with Gasteiger partial charge in [0.05, 0.1) is 12.4 Å². The SMILES string of the molecule is CC/C=C(\CNCCOc1ccccc1CCCNC=O)NCC(=O)NC(C)CCC(=N)N.CCC.CCC.Cc1cccc(O)c1. The molecule has 47 heavy (non-hydrogen) atoms. The minimum absolute atomic E-state index is 0.0266. The Morgan fingerprint density at radius 1 is 1.02 bits per heavy atom. The molecule has 0 aliphatic rings. The number of carbonyl (C=O) groups excluding carboxylic acids is 2. The Hall–Kier alpha value is -4.05. The van der Waals surface area contributed by atoms with Gasteiger partial charge >= 0.3 is 0 Å². The molecule has 1 unspecified atom stereocenters. The molecule has 0 spiro atoms. The van der Waals surface area contributed by atoms with Gasteiger partial charge in [-0.2, -0.15) is 0 Å². The van der Waals surface area contributed by atoms with E-state index in [2.05, 4.69) is 62.0 Å². The molecule has 2 aromatic carbocycles. The molecule has 8 N–H and O–H groups in total. The Balaban J connectivity index is 0. The van der Waals surface area contributed by atoms with Crippen molar-refractivity contribution in [3.63, 3.8) is 0 Å². The fourth-order valence-electron chi connectivity index (χ4n) is 3.79. The third kappa shape index (κ3) is 29.1. The number of phenols is 1. The summed E-state index contributed by atoms with van der Waals surface area (Å²) in [5, 5.41) is 28.2. The Labute approximate surface area is 284 Å². The lowest BCUT2D eigenvalue weighted by molar-refractivity contribution is -0.120. The molecule has 0 saturated heterocycles. The molecule has 2 rings (SSSR count). The number of rotatable bonds is 19. The van der Waals surface area contributed by atoms with Crippen molar-refractivity contribution in [2.24, 2.45) is 5.73 Å². The van der Waals surface area contributed by atoms with Crippen molar-refractivity contribution in [1.82, 2.24) is 21.3 Å². The second kappa shape index (κ2) is 31.9. The predicted molar refractivity (Wildman–Crippen MR) is 197 cm³/mol. The van der Waals surface area contributed by atoms with E-state index in [0.717, 1.165) is 41.8 Å². The summed E-state index contributed by atoms with van der Waals surface area (Å²) in [5.41, 5.74) is 8.54. The van der Waals surface area contributed by atoms with E-state index in [1.165, 1.54) is 12.8 Å². The van der Waals surface area contributed by atoms with E-state index in [9.17, 15) is 9.59 Å². The number of hydrogen-bond acceptors (Lipinski definition) is 7. The summed E-state index contributed by atoms with van der Waals surface area (Å²) in [6.45, 7) is 17.1. The molecular formula is C37H64N6O4. The molecule has 0 heterocycles. The van der Waals surface area contributed by atoms with Crippen molar-refractivity contribution in [2.45, 2.75) is 99.5 Å². The second-order valence-corrected chi connectivity index (χ2v) is 11.1. The van der Waals surface area contributed by atoms with Crippen molar-refractivity contribution in [2.75, 3.05) is 32.8 Å². The maximum Gasteiger partial charge on any atom is 0.239 e. The lowest BCUT2D eigenvalue weighted by Gasteiger charge is -2.16. The number of allylic oxidation sites excluding steroid dienone is 1. The zero-order valence-corrected chi connectivity index (χ0v) is 30.1. The van der Waals surface area contributed by atoms with Gasteiger partial charge in [0.15, 0.2) is 0 Å². The average Bonchev–Trinajstić information content (AvgIpc) is 3.02. The Morgan fingerprint density at radius 2 is 1.70 bits per heavy atom. The van der Waals surface area contributed by atoms with E-state index in [0.29, 0.717) is 51.2 Å². The van der Waals surface area contributed by atoms with Crippen LogP contribution < -0.4 is 31.7 Å². The van der Waals surface area contributed by atoms with Crippen molar-refractivity contribution in [3.8, 4) is 11.5 Å². The quantitative estimate of drug-likeness (QED) is 0.0424. The Bertz CT molecular complexity index is 1090. The molecule has 0 aliphatic heterocycles. The highest BCUT2D eigenvalue weighted by molar-refractivity contribution is 5.79. The zero-order valence-electron chi connectivity index (χ0n) is 30.1. The van der Waals surface area contributed by atoms with Gasteiger partial charge in [-0.1, -0.05) is 83.9 Å². The molecule has 10 heteroatoms. The number of amidine groups is 1. The van der Waals surface area contributed by atoms with E-state index >= 15 is 0 Å². The van der Waals surface area contributed by atoms with Crippen LogP contribution in [0.3, 0.4) is 0 Å². The number of carbonyl (C=O) groups is 2. The first-order valence-corrected chi connectivity index (χ1v) is 17.0. The fourth-order valence-corrected chi connectivity index (χ4v) is 3.79. The summed E-state index contributed by atoms with van der Waals surface area (Å²) in [5.74, 6) is 1.25. The van der Waals surface area contributed by atoms with Crippen LogP contribution in [0.2, 0.25) is 0 Å². The standard InChI is InChI=1S/C24H40N6O3.C7H8O.2C3H8/c1-3-7-21(29-17-24(32)30-19(2)11-12-23(25)26)16-27-14-15-33-22-10-5-4-8-20(22)9-6-13-28-18-31;1-6-3-2-4-7(8)5-6;2*1-3-2/h4-5,7-8,10,18-19,27,29H,3,6,9,11-17H2,1-2H3,(H3,25,26)(H,28,31)(H,30,32);2-5,8H,1H3;2*3H2,1-2H3/b21-7+;;;. The van der Waals surface area contributed by atoms with E-state index in [1.807, 2.05) is 50.2 Å². The van der Waals surface area contributed by atoms with Crippen LogP contribution in [0.15, 0.2) is 60.3 Å². The van der Waals surface area contributed by atoms with Crippen LogP contribution in [0.25, 0.3) is 0 Å². The molecule has 0 radical (unpaired) electrons. The Kier molecular flexibility index (Phi) is 30.6. The summed E-state index contributed by atoms with van der Waals surface area (Å²) < 4.78 is 5.94. The monoisotopic (exact) mass is 656 g/mol. The predicted octanol–water partition coefficient (Wildman–Crippen LogP) is 5.97. The number of aromatic hydroxyl groups is 1. The molecule has 0 aromatic heterocycles. The van der Waals surface area contributed by atoms with Gasteiger partial charge in [0.1, 0.15) is 18.1 Å². The van der Waals surface area contributed by atoms with Gasteiger partial charge in [-0.3, -0.25) is 15.0 Å². The molecule has 10 nitrogen and oxygen atoms in total. The van der Waals surface area contributed by atoms with Crippen LogP contribution in [0.1, 0.15) is 91.2 Å². The minimum Gasteiger partial charge on any atom is -0.508 e. The van der Waals surface area contributed by atoms with Crippen LogP contribution in [0.4, 0.5) is 0 Å². The van der Waals surface area contributed by atoms with Crippen LogP contribution in [0.5, 0.6) is 11.5 Å². The number of nitrogens with one attached hydrogen (secondary N) is 5. The minimum atomic E-state index is -0.0867. The fraction of sp³-hybridized carbons (Fsp3) is 0.541. The maximum atomic E-state index is 12.1. The molecule has 1 atom stereocenters. The number of amides is 2. The summed E-state index contributed by atoms with van der Waals surface area (Å²) in [6, 6.07) is 15.1. The van der Waals surface area contributed by atoms with Crippen LogP contribution in [-0.2, 0) is 16.0 Å². The van der Waals surface area contributed by atoms with Gasteiger partial charge in [-0.05, 0) is 68.9 Å². The summed E-state index contributed by atoms with van der Waals surface area (Å²) in [7, 11) is 0. The first kappa shape index (κ1) is 45.1. The molecule has 0 bridgehead atoms. The number of nitrogens with two attached hydrogens (primary N) is 1. The van der Waals surface area contributed by atoms with Crippen LogP contribution in [0, 0.1) is 12.3 Å². The van der Waals surface area contributed by atoms with Crippen LogP contribution >= 0.6 is 0 Å². The first-order chi connectivity index (χ1) is 22.6. The molecule has 0 aliphatic carbocycles. The average molecular weight is 657 g/mol. The van der Waals surface area contributed by atoms with Crippen molar-refractivity contribution in [1.29, 1.82) is 5.41 Å². The molecule has 0 saturated carbocycles. The number of para-hydroxylation sites is 1. The summed E-state index contributed by atoms with van der Waals surface area (Å²) >= 11 is 0. The lowest BCUT2D eigenvalue weighted by atomic mass is 10.1. The van der Waals surface area contributed by atoms with Gasteiger partial charge in [-0.15, -0.1) is 0 Å². The van der Waals surface area contributed by atoms with Crippen molar-refractivity contribution < 1.29 is 19.4 Å². The van der Waals surface area contributed by atoms with Crippen LogP contribution in [-0.4, -0.2) is 62.1 Å². The lowest BCUT2D eigenvalue weighted by Crippen LogP contribution is -2.40. The highest BCUT2D eigenvalue weighted by Crippen LogP contribution is 2.19. The highest BCUT2D eigenvalue weighted by Gasteiger charge is 2.08. The van der Waals surface area contributed by atoms with Gasteiger partial charge in [-0.25, -0.2) is 0 Å². The van der Waals surface area contributed by atoms with Gasteiger partial charge in [0.25, 0.3) is 0 Å². The summed E-state index contributed by atoms with van der Waals surface area (Å²) in [6.07, 6.45) is 8.97. The van der Waals surface area contributed by atoms with Crippen molar-refractivity contribution >= 4 is 18.2 Å². The van der Waals surface area contributed by atoms with Gasteiger partial charge < -0.3 is 36.8 Å². The van der Waals surface area contributed by atoms with Crippen molar-refractivity contribution in [3.05, 3.63) is 71.4 Å². The third-order valence-corrected chi connectivity index (χ3v) is 5.86. The number of ether oxygens (including phenoxy) is 1. The van der Waals surface area contributed by atoms with E-state index in [-0.39, 0.29) is 24.3 Å². The first-order valence-electron chi connectivity index (χ1n) is 17.0. The molecule has 2 aromatic rings. The smallest absolute Gasteiger partial charge is 0.239 e. The molecule has 2 amide bonds. The van der Waals surface area contributed by atoms with Gasteiger partial charge in [0, 0.05) is 37.8 Å². The summed E-state index contributed by atoms with van der Waals surface area (Å²) in [4.78, 5) is 22.5. The third-order valence-electron chi connectivity index (χ3n) is 5.86. The molecule has 266 valence electrons. The largest absolute Gasteiger partial charge is 0.508 e. The highest BCUT2D eigenvalue weighted by atomic mass is 16.5. The molecular weight excluding hydrogens is 592 g/mol. The maximum absolute atomic E-state index is 12.1. The number of benzene rings is 2. The normalized spacial score (nSPS) is 10.7.